The van der Waals surface area contributed by atoms with Gasteiger partial charge in [-0.1, -0.05) is 41.9 Å². The molecule has 3 atom stereocenters. The quantitative estimate of drug-likeness (QED) is 0.762. The van der Waals surface area contributed by atoms with Crippen molar-refractivity contribution in [1.82, 2.24) is 0 Å². The first-order valence-corrected chi connectivity index (χ1v) is 10.2. The molecule has 3 unspecified atom stereocenters. The summed E-state index contributed by atoms with van der Waals surface area (Å²) in [5.74, 6) is -1.15. The molecule has 0 aromatic heterocycles. The summed E-state index contributed by atoms with van der Waals surface area (Å²) in [6.45, 7) is 1.73. The summed E-state index contributed by atoms with van der Waals surface area (Å²) in [5, 5.41) is -0.436. The molecule has 2 aromatic carbocycles. The number of ether oxygens (including phenoxy) is 1. The second-order valence-corrected chi connectivity index (χ2v) is 8.78. The molecule has 3 rings (SSSR count). The molecular weight excluding hydrogens is 374 g/mol. The van der Waals surface area contributed by atoms with E-state index in [-0.39, 0.29) is 18.0 Å². The number of esters is 1. The summed E-state index contributed by atoms with van der Waals surface area (Å²) in [4.78, 5) is 12.9. The van der Waals surface area contributed by atoms with Crippen molar-refractivity contribution in [3.8, 4) is 0 Å². The van der Waals surface area contributed by atoms with Crippen molar-refractivity contribution < 1.29 is 17.9 Å². The highest BCUT2D eigenvalue weighted by atomic mass is 35.5. The van der Waals surface area contributed by atoms with Crippen molar-refractivity contribution in [1.29, 1.82) is 0 Å². The van der Waals surface area contributed by atoms with Crippen LogP contribution >= 0.6 is 11.6 Å². The normalized spacial score (nSPS) is 24.9. The Kier molecular flexibility index (Phi) is 5.10. The average Bonchev–Trinajstić information content (AvgIpc) is 3.35. The van der Waals surface area contributed by atoms with Gasteiger partial charge in [-0.2, -0.15) is 0 Å². The van der Waals surface area contributed by atoms with Gasteiger partial charge in [-0.05, 0) is 36.8 Å². The highest BCUT2D eigenvalue weighted by Crippen LogP contribution is 2.64. The molecule has 0 heterocycles. The number of carbonyl (C=O) groups excluding carboxylic acids is 1. The van der Waals surface area contributed by atoms with E-state index in [2.05, 4.69) is 0 Å². The number of hydrogen-bond acceptors (Lipinski definition) is 5. The predicted molar refractivity (Wildman–Crippen MR) is 99.7 cm³/mol. The number of benzene rings is 2. The van der Waals surface area contributed by atoms with E-state index in [1.807, 2.05) is 0 Å². The van der Waals surface area contributed by atoms with Crippen LogP contribution in [0.5, 0.6) is 0 Å². The van der Waals surface area contributed by atoms with Gasteiger partial charge in [0.1, 0.15) is 5.41 Å². The van der Waals surface area contributed by atoms with Gasteiger partial charge in [0.2, 0.25) is 0 Å². The van der Waals surface area contributed by atoms with Gasteiger partial charge in [0.25, 0.3) is 0 Å². The van der Waals surface area contributed by atoms with E-state index in [9.17, 15) is 13.2 Å². The largest absolute Gasteiger partial charge is 0.465 e. The molecule has 2 aromatic rings. The lowest BCUT2D eigenvalue weighted by atomic mass is 9.99. The molecule has 138 valence electrons. The lowest BCUT2D eigenvalue weighted by molar-refractivity contribution is -0.149. The Balaban J connectivity index is 2.11. The van der Waals surface area contributed by atoms with Gasteiger partial charge in [-0.15, -0.1) is 0 Å². The SMILES string of the molecule is CCOC(=O)C1(CN)C(c2ccc(Cl)cc2)C1S(=O)(=O)c1ccccc1. The third-order valence-electron chi connectivity index (χ3n) is 4.88. The average molecular weight is 394 g/mol. The summed E-state index contributed by atoms with van der Waals surface area (Å²) in [7, 11) is -3.77. The van der Waals surface area contributed by atoms with Crippen LogP contribution in [-0.4, -0.2) is 32.8 Å². The van der Waals surface area contributed by atoms with Crippen molar-refractivity contribution in [3.05, 3.63) is 65.2 Å². The third-order valence-corrected chi connectivity index (χ3v) is 7.43. The Bertz CT molecular complexity index is 899. The zero-order chi connectivity index (χ0) is 18.9. The number of hydrogen-bond donors (Lipinski definition) is 1. The zero-order valence-electron chi connectivity index (χ0n) is 14.3. The Morgan fingerprint density at radius 1 is 1.15 bits per heavy atom. The summed E-state index contributed by atoms with van der Waals surface area (Å²) < 4.78 is 31.7. The topological polar surface area (TPSA) is 86.5 Å². The summed E-state index contributed by atoms with van der Waals surface area (Å²) in [6, 6.07) is 14.9. The molecular formula is C19H20ClNO4S. The van der Waals surface area contributed by atoms with Crippen LogP contribution in [0.1, 0.15) is 18.4 Å². The minimum atomic E-state index is -3.77. The van der Waals surface area contributed by atoms with Gasteiger partial charge in [-0.25, -0.2) is 8.42 Å². The maximum absolute atomic E-state index is 13.2. The molecule has 1 aliphatic rings. The van der Waals surface area contributed by atoms with Gasteiger partial charge >= 0.3 is 5.97 Å². The maximum atomic E-state index is 13.2. The summed E-state index contributed by atoms with van der Waals surface area (Å²) in [5.41, 5.74) is 5.34. The van der Waals surface area contributed by atoms with Crippen molar-refractivity contribution in [3.63, 3.8) is 0 Å². The molecule has 0 spiro atoms. The van der Waals surface area contributed by atoms with Crippen LogP contribution in [0.15, 0.2) is 59.5 Å². The highest BCUT2D eigenvalue weighted by molar-refractivity contribution is 7.92. The number of sulfone groups is 1. The molecule has 5 nitrogen and oxygen atoms in total. The third kappa shape index (κ3) is 2.92. The van der Waals surface area contributed by atoms with Crippen molar-refractivity contribution in [2.75, 3.05) is 13.2 Å². The number of nitrogens with two attached hydrogens (primary N) is 1. The van der Waals surface area contributed by atoms with Crippen molar-refractivity contribution in [2.45, 2.75) is 23.0 Å². The molecule has 0 aliphatic heterocycles. The fraction of sp³-hybridized carbons (Fsp3) is 0.316. The lowest BCUT2D eigenvalue weighted by Gasteiger charge is -2.14. The molecule has 1 fully saturated rings. The van der Waals surface area contributed by atoms with E-state index in [0.717, 1.165) is 0 Å². The van der Waals surface area contributed by atoms with Gasteiger partial charge in [0, 0.05) is 17.5 Å². The number of carbonyl (C=O) groups is 1. The lowest BCUT2D eigenvalue weighted by Crippen LogP contribution is -2.33. The molecule has 26 heavy (non-hydrogen) atoms. The molecule has 1 saturated carbocycles. The van der Waals surface area contributed by atoms with E-state index in [1.165, 1.54) is 12.1 Å². The Hall–Kier alpha value is -1.89. The summed E-state index contributed by atoms with van der Waals surface area (Å²) >= 11 is 5.94. The fourth-order valence-electron chi connectivity index (χ4n) is 3.59. The molecule has 0 bridgehead atoms. The second kappa shape index (κ2) is 7.02. The maximum Gasteiger partial charge on any atom is 0.315 e. The van der Waals surface area contributed by atoms with Gasteiger partial charge in [-0.3, -0.25) is 4.79 Å². The van der Waals surface area contributed by atoms with Gasteiger partial charge < -0.3 is 10.5 Å². The van der Waals surface area contributed by atoms with Crippen LogP contribution in [0.3, 0.4) is 0 Å². The highest BCUT2D eigenvalue weighted by Gasteiger charge is 2.75. The van der Waals surface area contributed by atoms with Crippen LogP contribution in [0.4, 0.5) is 0 Å². The monoisotopic (exact) mass is 393 g/mol. The summed E-state index contributed by atoms with van der Waals surface area (Å²) in [6.07, 6.45) is 0. The Morgan fingerprint density at radius 2 is 1.77 bits per heavy atom. The number of halogens is 1. The van der Waals surface area contributed by atoms with E-state index < -0.39 is 32.4 Å². The van der Waals surface area contributed by atoms with Crippen LogP contribution in [0.2, 0.25) is 5.02 Å². The van der Waals surface area contributed by atoms with E-state index in [4.69, 9.17) is 22.1 Å². The first-order chi connectivity index (χ1) is 12.4. The molecule has 1 aliphatic carbocycles. The van der Waals surface area contributed by atoms with Crippen LogP contribution in [-0.2, 0) is 19.4 Å². The molecule has 7 heteroatoms. The Labute approximate surface area is 158 Å². The van der Waals surface area contributed by atoms with Crippen LogP contribution in [0.25, 0.3) is 0 Å². The second-order valence-electron chi connectivity index (χ2n) is 6.27. The van der Waals surface area contributed by atoms with E-state index in [0.29, 0.717) is 10.6 Å². The van der Waals surface area contributed by atoms with Gasteiger partial charge in [0.05, 0.1) is 16.8 Å². The zero-order valence-corrected chi connectivity index (χ0v) is 15.8. The first-order valence-electron chi connectivity index (χ1n) is 8.31. The van der Waals surface area contributed by atoms with Crippen LogP contribution < -0.4 is 5.73 Å². The van der Waals surface area contributed by atoms with Gasteiger partial charge in [0.15, 0.2) is 9.84 Å². The predicted octanol–water partition coefficient (Wildman–Crippen LogP) is 2.79. The standard InChI is InChI=1S/C19H20ClNO4S/c1-2-25-18(22)19(12-21)16(13-8-10-14(20)11-9-13)17(19)26(23,24)15-6-4-3-5-7-15/h3-11,16-17H,2,12,21H2,1H3. The molecule has 2 N–H and O–H groups in total. The van der Waals surface area contributed by atoms with Crippen molar-refractivity contribution >= 4 is 27.4 Å². The number of rotatable bonds is 6. The fourth-order valence-corrected chi connectivity index (χ4v) is 6.12. The minimum Gasteiger partial charge on any atom is -0.465 e. The van der Waals surface area contributed by atoms with Crippen molar-refractivity contribution in [2.24, 2.45) is 11.1 Å². The first kappa shape index (κ1) is 18.9. The minimum absolute atomic E-state index is 0.115. The Morgan fingerprint density at radius 3 is 2.31 bits per heavy atom. The van der Waals surface area contributed by atoms with E-state index >= 15 is 0 Å². The smallest absolute Gasteiger partial charge is 0.315 e. The molecule has 0 radical (unpaired) electrons. The van der Waals surface area contributed by atoms with Crippen LogP contribution in [0, 0.1) is 5.41 Å². The molecule has 0 amide bonds. The molecule has 0 saturated heterocycles. The van der Waals surface area contributed by atoms with E-state index in [1.54, 1.807) is 49.4 Å².